The molecule has 0 bridgehead atoms. The molecule has 0 unspecified atom stereocenters. The molecule has 0 aliphatic rings. The fourth-order valence-corrected chi connectivity index (χ4v) is 1.49. The summed E-state index contributed by atoms with van der Waals surface area (Å²) >= 11 is 0. The van der Waals surface area contributed by atoms with Gasteiger partial charge in [0.2, 0.25) is 0 Å². The van der Waals surface area contributed by atoms with Gasteiger partial charge in [-0.15, -0.1) is 0 Å². The van der Waals surface area contributed by atoms with Crippen molar-refractivity contribution in [1.29, 1.82) is 0 Å². The summed E-state index contributed by atoms with van der Waals surface area (Å²) in [7, 11) is 1.71. The van der Waals surface area contributed by atoms with Crippen molar-refractivity contribution in [3.63, 3.8) is 0 Å². The van der Waals surface area contributed by atoms with Gasteiger partial charge in [-0.05, 0) is 38.3 Å². The van der Waals surface area contributed by atoms with Crippen molar-refractivity contribution in [2.24, 2.45) is 0 Å². The van der Waals surface area contributed by atoms with Crippen molar-refractivity contribution in [3.05, 3.63) is 29.8 Å². The second-order valence-electron chi connectivity index (χ2n) is 3.83. The van der Waals surface area contributed by atoms with E-state index in [0.29, 0.717) is 6.10 Å². The standard InChI is InChI=1S/C13H20O2/c1-11(2)15-10-6-8-12-7-4-5-9-13(12)14-3/h4-5,7,9,11H,6,8,10H2,1-3H3. The molecule has 1 aromatic rings. The van der Waals surface area contributed by atoms with Gasteiger partial charge in [0, 0.05) is 6.61 Å². The molecule has 1 aromatic carbocycles. The quantitative estimate of drug-likeness (QED) is 0.669. The summed E-state index contributed by atoms with van der Waals surface area (Å²) in [6.45, 7) is 4.93. The van der Waals surface area contributed by atoms with Crippen LogP contribution in [0.15, 0.2) is 24.3 Å². The monoisotopic (exact) mass is 208 g/mol. The molecule has 0 saturated carbocycles. The van der Waals surface area contributed by atoms with Gasteiger partial charge >= 0.3 is 0 Å². The van der Waals surface area contributed by atoms with E-state index in [9.17, 15) is 0 Å². The SMILES string of the molecule is COc1ccccc1CCCOC(C)C. The molecule has 2 nitrogen and oxygen atoms in total. The van der Waals surface area contributed by atoms with Crippen molar-refractivity contribution >= 4 is 0 Å². The lowest BCUT2D eigenvalue weighted by Crippen LogP contribution is -2.05. The average Bonchev–Trinajstić information content (AvgIpc) is 2.24. The number of aryl methyl sites for hydroxylation is 1. The Morgan fingerprint density at radius 2 is 1.93 bits per heavy atom. The number of benzene rings is 1. The number of rotatable bonds is 6. The molecule has 0 aliphatic carbocycles. The van der Waals surface area contributed by atoms with E-state index in [1.807, 2.05) is 18.2 Å². The minimum absolute atomic E-state index is 0.322. The fourth-order valence-electron chi connectivity index (χ4n) is 1.49. The fraction of sp³-hybridized carbons (Fsp3) is 0.538. The molecular formula is C13H20O2. The lowest BCUT2D eigenvalue weighted by molar-refractivity contribution is 0.0771. The summed E-state index contributed by atoms with van der Waals surface area (Å²) < 4.78 is 10.8. The molecule has 0 aromatic heterocycles. The van der Waals surface area contributed by atoms with Crippen LogP contribution in [0.2, 0.25) is 0 Å². The van der Waals surface area contributed by atoms with Crippen LogP contribution in [0.4, 0.5) is 0 Å². The Labute approximate surface area is 92.2 Å². The third-order valence-electron chi connectivity index (χ3n) is 2.23. The minimum atomic E-state index is 0.322. The van der Waals surface area contributed by atoms with Gasteiger partial charge in [-0.2, -0.15) is 0 Å². The number of para-hydroxylation sites is 1. The van der Waals surface area contributed by atoms with Crippen LogP contribution in [0.1, 0.15) is 25.8 Å². The summed E-state index contributed by atoms with van der Waals surface area (Å²) in [6, 6.07) is 8.14. The van der Waals surface area contributed by atoms with E-state index in [0.717, 1.165) is 25.2 Å². The molecule has 84 valence electrons. The Hall–Kier alpha value is -1.02. The summed E-state index contributed by atoms with van der Waals surface area (Å²) in [6.07, 6.45) is 2.37. The molecule has 0 spiro atoms. The summed E-state index contributed by atoms with van der Waals surface area (Å²) in [5.41, 5.74) is 1.26. The third-order valence-corrected chi connectivity index (χ3v) is 2.23. The van der Waals surface area contributed by atoms with E-state index < -0.39 is 0 Å². The predicted molar refractivity (Wildman–Crippen MR) is 62.4 cm³/mol. The van der Waals surface area contributed by atoms with Crippen molar-refractivity contribution in [2.45, 2.75) is 32.8 Å². The largest absolute Gasteiger partial charge is 0.496 e. The predicted octanol–water partition coefficient (Wildman–Crippen LogP) is 3.05. The molecule has 0 heterocycles. The van der Waals surface area contributed by atoms with Crippen LogP contribution in [0, 0.1) is 0 Å². The van der Waals surface area contributed by atoms with Gasteiger partial charge in [-0.1, -0.05) is 18.2 Å². The molecule has 0 fully saturated rings. The third kappa shape index (κ3) is 4.34. The zero-order valence-corrected chi connectivity index (χ0v) is 9.82. The maximum Gasteiger partial charge on any atom is 0.122 e. The number of methoxy groups -OCH3 is 1. The zero-order chi connectivity index (χ0) is 11.1. The smallest absolute Gasteiger partial charge is 0.122 e. The van der Waals surface area contributed by atoms with Crippen LogP contribution in [0.3, 0.4) is 0 Å². The van der Waals surface area contributed by atoms with E-state index in [2.05, 4.69) is 19.9 Å². The molecular weight excluding hydrogens is 188 g/mol. The van der Waals surface area contributed by atoms with Crippen LogP contribution in [0.25, 0.3) is 0 Å². The second kappa shape index (κ2) is 6.46. The topological polar surface area (TPSA) is 18.5 Å². The highest BCUT2D eigenvalue weighted by Gasteiger charge is 2.01. The Morgan fingerprint density at radius 3 is 2.60 bits per heavy atom. The first-order valence-electron chi connectivity index (χ1n) is 5.47. The van der Waals surface area contributed by atoms with E-state index >= 15 is 0 Å². The molecule has 0 N–H and O–H groups in total. The minimum Gasteiger partial charge on any atom is -0.496 e. The maximum absolute atomic E-state index is 5.50. The van der Waals surface area contributed by atoms with Gasteiger partial charge in [0.05, 0.1) is 13.2 Å². The molecule has 15 heavy (non-hydrogen) atoms. The Bertz CT molecular complexity index is 282. The van der Waals surface area contributed by atoms with Crippen LogP contribution in [-0.4, -0.2) is 19.8 Å². The summed E-state index contributed by atoms with van der Waals surface area (Å²) in [5, 5.41) is 0. The normalized spacial score (nSPS) is 10.7. The Kier molecular flexibility index (Phi) is 5.19. The lowest BCUT2D eigenvalue weighted by Gasteiger charge is -2.09. The van der Waals surface area contributed by atoms with Crippen LogP contribution in [0.5, 0.6) is 5.75 Å². The number of hydrogen-bond acceptors (Lipinski definition) is 2. The zero-order valence-electron chi connectivity index (χ0n) is 9.82. The Morgan fingerprint density at radius 1 is 1.20 bits per heavy atom. The van der Waals surface area contributed by atoms with Gasteiger partial charge in [-0.3, -0.25) is 0 Å². The first kappa shape index (κ1) is 12.1. The lowest BCUT2D eigenvalue weighted by atomic mass is 10.1. The van der Waals surface area contributed by atoms with E-state index in [1.54, 1.807) is 7.11 Å². The van der Waals surface area contributed by atoms with E-state index in [1.165, 1.54) is 5.56 Å². The first-order valence-corrected chi connectivity index (χ1v) is 5.47. The van der Waals surface area contributed by atoms with Gasteiger partial charge in [0.25, 0.3) is 0 Å². The second-order valence-corrected chi connectivity index (χ2v) is 3.83. The maximum atomic E-state index is 5.50. The van der Waals surface area contributed by atoms with Crippen molar-refractivity contribution in [1.82, 2.24) is 0 Å². The van der Waals surface area contributed by atoms with Gasteiger partial charge < -0.3 is 9.47 Å². The number of ether oxygens (including phenoxy) is 2. The molecule has 0 atom stereocenters. The summed E-state index contributed by atoms with van der Waals surface area (Å²) in [5.74, 6) is 0.974. The van der Waals surface area contributed by atoms with Gasteiger partial charge in [-0.25, -0.2) is 0 Å². The molecule has 0 radical (unpaired) electrons. The highest BCUT2D eigenvalue weighted by molar-refractivity contribution is 5.33. The van der Waals surface area contributed by atoms with E-state index in [-0.39, 0.29) is 0 Å². The van der Waals surface area contributed by atoms with Crippen LogP contribution >= 0.6 is 0 Å². The average molecular weight is 208 g/mol. The van der Waals surface area contributed by atoms with Crippen LogP contribution in [-0.2, 0) is 11.2 Å². The molecule has 0 saturated heterocycles. The molecule has 0 amide bonds. The van der Waals surface area contributed by atoms with Crippen LogP contribution < -0.4 is 4.74 Å². The summed E-state index contributed by atoms with van der Waals surface area (Å²) in [4.78, 5) is 0. The molecule has 0 aliphatic heterocycles. The highest BCUT2D eigenvalue weighted by atomic mass is 16.5. The Balaban J connectivity index is 2.36. The van der Waals surface area contributed by atoms with E-state index in [4.69, 9.17) is 9.47 Å². The highest BCUT2D eigenvalue weighted by Crippen LogP contribution is 2.18. The van der Waals surface area contributed by atoms with Crippen molar-refractivity contribution < 1.29 is 9.47 Å². The molecule has 2 heteroatoms. The number of hydrogen-bond donors (Lipinski definition) is 0. The van der Waals surface area contributed by atoms with Crippen molar-refractivity contribution in [2.75, 3.05) is 13.7 Å². The van der Waals surface area contributed by atoms with Gasteiger partial charge in [0.1, 0.15) is 5.75 Å². The molecule has 1 rings (SSSR count). The van der Waals surface area contributed by atoms with Crippen molar-refractivity contribution in [3.8, 4) is 5.75 Å². The van der Waals surface area contributed by atoms with Gasteiger partial charge in [0.15, 0.2) is 0 Å². The first-order chi connectivity index (χ1) is 7.24.